The molecule has 0 aromatic carbocycles. The van der Waals surface area contributed by atoms with Crippen molar-refractivity contribution in [3.8, 4) is 0 Å². The lowest BCUT2D eigenvalue weighted by atomic mass is 9.97. The van der Waals surface area contributed by atoms with E-state index in [-0.39, 0.29) is 18.7 Å². The van der Waals surface area contributed by atoms with Crippen molar-refractivity contribution < 1.29 is 19.4 Å². The third kappa shape index (κ3) is 3.27. The van der Waals surface area contributed by atoms with E-state index in [9.17, 15) is 4.79 Å². The molecule has 1 fully saturated rings. The second-order valence-corrected chi connectivity index (χ2v) is 4.64. The Hall–Kier alpha value is -0.610. The molecule has 1 N–H and O–H groups in total. The first kappa shape index (κ1) is 11.5. The highest BCUT2D eigenvalue weighted by Crippen LogP contribution is 2.20. The van der Waals surface area contributed by atoms with Gasteiger partial charge in [-0.2, -0.15) is 0 Å². The molecular weight excluding hydrogens is 184 g/mol. The van der Waals surface area contributed by atoms with Crippen LogP contribution in [0.5, 0.6) is 0 Å². The summed E-state index contributed by atoms with van der Waals surface area (Å²) in [7, 11) is 0. The molecule has 4 nitrogen and oxygen atoms in total. The Morgan fingerprint density at radius 3 is 2.57 bits per heavy atom. The molecule has 0 bridgehead atoms. The number of aliphatic hydroxyl groups is 1. The van der Waals surface area contributed by atoms with E-state index in [1.54, 1.807) is 20.8 Å². The third-order valence-electron chi connectivity index (χ3n) is 2.10. The number of aliphatic hydroxyl groups excluding tert-OH is 1. The van der Waals surface area contributed by atoms with Crippen LogP contribution in [0.2, 0.25) is 0 Å². The minimum absolute atomic E-state index is 0.142. The van der Waals surface area contributed by atoms with Gasteiger partial charge in [-0.15, -0.1) is 0 Å². The molecule has 14 heavy (non-hydrogen) atoms. The van der Waals surface area contributed by atoms with Crippen molar-refractivity contribution in [2.45, 2.75) is 46.0 Å². The predicted octanol–water partition coefficient (Wildman–Crippen LogP) is 1.07. The Labute approximate surface area is 84.2 Å². The highest BCUT2D eigenvalue weighted by atomic mass is 16.6. The van der Waals surface area contributed by atoms with Gasteiger partial charge in [0.1, 0.15) is 6.61 Å². The van der Waals surface area contributed by atoms with Crippen molar-refractivity contribution in [1.29, 1.82) is 0 Å². The highest BCUT2D eigenvalue weighted by Gasteiger charge is 2.27. The zero-order chi connectivity index (χ0) is 10.8. The number of hydrogen-bond acceptors (Lipinski definition) is 4. The average molecular weight is 202 g/mol. The zero-order valence-electron chi connectivity index (χ0n) is 8.95. The molecule has 2 atom stereocenters. The SMILES string of the molecule is CC(C)(C)C(=O)OC[C@H]1CCC(O)O1. The smallest absolute Gasteiger partial charge is 0.311 e. The Kier molecular flexibility index (Phi) is 3.50. The molecule has 4 heteroatoms. The Morgan fingerprint density at radius 1 is 1.50 bits per heavy atom. The molecule has 0 radical (unpaired) electrons. The molecule has 82 valence electrons. The van der Waals surface area contributed by atoms with Gasteiger partial charge in [0.15, 0.2) is 6.29 Å². The van der Waals surface area contributed by atoms with Gasteiger partial charge in [0.25, 0.3) is 0 Å². The number of carbonyl (C=O) groups is 1. The van der Waals surface area contributed by atoms with Gasteiger partial charge in [0.05, 0.1) is 11.5 Å². The largest absolute Gasteiger partial charge is 0.463 e. The van der Waals surface area contributed by atoms with Gasteiger partial charge in [-0.05, 0) is 27.2 Å². The number of ether oxygens (including phenoxy) is 2. The lowest BCUT2D eigenvalue weighted by Gasteiger charge is -2.18. The van der Waals surface area contributed by atoms with Gasteiger partial charge in [-0.1, -0.05) is 0 Å². The van der Waals surface area contributed by atoms with Gasteiger partial charge in [-0.3, -0.25) is 4.79 Å². The van der Waals surface area contributed by atoms with Gasteiger partial charge in [0.2, 0.25) is 0 Å². The molecule has 1 aliphatic heterocycles. The zero-order valence-corrected chi connectivity index (χ0v) is 8.95. The average Bonchev–Trinajstić information content (AvgIpc) is 2.45. The van der Waals surface area contributed by atoms with Crippen LogP contribution in [-0.4, -0.2) is 30.1 Å². The summed E-state index contributed by atoms with van der Waals surface area (Å²) in [6, 6.07) is 0. The van der Waals surface area contributed by atoms with Crippen LogP contribution in [0.3, 0.4) is 0 Å². The summed E-state index contributed by atoms with van der Waals surface area (Å²) in [4.78, 5) is 11.4. The first-order valence-electron chi connectivity index (χ1n) is 4.90. The molecule has 1 aliphatic rings. The fourth-order valence-corrected chi connectivity index (χ4v) is 1.19. The Bertz CT molecular complexity index is 207. The first-order valence-corrected chi connectivity index (χ1v) is 4.90. The van der Waals surface area contributed by atoms with Crippen molar-refractivity contribution in [3.63, 3.8) is 0 Å². The van der Waals surface area contributed by atoms with Gasteiger partial charge >= 0.3 is 5.97 Å². The summed E-state index contributed by atoms with van der Waals surface area (Å²) < 4.78 is 10.2. The van der Waals surface area contributed by atoms with Crippen LogP contribution >= 0.6 is 0 Å². The first-order chi connectivity index (χ1) is 6.39. The van der Waals surface area contributed by atoms with E-state index in [1.165, 1.54) is 0 Å². The van der Waals surface area contributed by atoms with Crippen molar-refractivity contribution in [2.75, 3.05) is 6.61 Å². The van der Waals surface area contributed by atoms with E-state index in [2.05, 4.69) is 0 Å². The summed E-state index contributed by atoms with van der Waals surface area (Å²) >= 11 is 0. The molecule has 0 aromatic heterocycles. The third-order valence-corrected chi connectivity index (χ3v) is 2.10. The molecule has 1 unspecified atom stereocenters. The van der Waals surface area contributed by atoms with Gasteiger partial charge < -0.3 is 14.6 Å². The van der Waals surface area contributed by atoms with E-state index in [0.29, 0.717) is 6.42 Å². The molecule has 0 saturated carbocycles. The number of rotatable bonds is 2. The Balaban J connectivity index is 2.24. The second kappa shape index (κ2) is 4.28. The van der Waals surface area contributed by atoms with Gasteiger partial charge in [0, 0.05) is 6.42 Å². The van der Waals surface area contributed by atoms with Crippen molar-refractivity contribution in [3.05, 3.63) is 0 Å². The minimum atomic E-state index is -0.687. The maximum Gasteiger partial charge on any atom is 0.311 e. The van der Waals surface area contributed by atoms with Crippen LogP contribution in [0.1, 0.15) is 33.6 Å². The number of carbonyl (C=O) groups excluding carboxylic acids is 1. The number of hydrogen-bond donors (Lipinski definition) is 1. The normalized spacial score (nSPS) is 27.7. The van der Waals surface area contributed by atoms with E-state index >= 15 is 0 Å². The molecule has 1 heterocycles. The monoisotopic (exact) mass is 202 g/mol. The molecule has 1 saturated heterocycles. The number of esters is 1. The van der Waals surface area contributed by atoms with Crippen molar-refractivity contribution in [1.82, 2.24) is 0 Å². The quantitative estimate of drug-likeness (QED) is 0.680. The highest BCUT2D eigenvalue weighted by molar-refractivity contribution is 5.75. The summed E-state index contributed by atoms with van der Waals surface area (Å²) in [6.45, 7) is 5.66. The van der Waals surface area contributed by atoms with E-state index in [1.807, 2.05) is 0 Å². The standard InChI is InChI=1S/C10H18O4/c1-10(2,3)9(12)13-6-7-4-5-8(11)14-7/h7-8,11H,4-6H2,1-3H3/t7-,8?/m1/s1. The van der Waals surface area contributed by atoms with E-state index in [0.717, 1.165) is 6.42 Å². The van der Waals surface area contributed by atoms with Crippen LogP contribution in [0.4, 0.5) is 0 Å². The molecule has 0 aromatic rings. The van der Waals surface area contributed by atoms with E-state index < -0.39 is 11.7 Å². The summed E-state index contributed by atoms with van der Waals surface area (Å²) in [6.07, 6.45) is 0.542. The van der Waals surface area contributed by atoms with Crippen LogP contribution in [-0.2, 0) is 14.3 Å². The minimum Gasteiger partial charge on any atom is -0.463 e. The van der Waals surface area contributed by atoms with Crippen molar-refractivity contribution in [2.24, 2.45) is 5.41 Å². The van der Waals surface area contributed by atoms with Gasteiger partial charge in [-0.25, -0.2) is 0 Å². The Morgan fingerprint density at radius 2 is 2.14 bits per heavy atom. The molecule has 1 rings (SSSR count). The summed E-state index contributed by atoms with van der Waals surface area (Å²) in [5.74, 6) is -0.234. The maximum atomic E-state index is 11.4. The van der Waals surface area contributed by atoms with Crippen LogP contribution in [0.25, 0.3) is 0 Å². The lowest BCUT2D eigenvalue weighted by Crippen LogP contribution is -2.27. The van der Waals surface area contributed by atoms with Crippen LogP contribution < -0.4 is 0 Å². The second-order valence-electron chi connectivity index (χ2n) is 4.64. The van der Waals surface area contributed by atoms with Crippen molar-refractivity contribution >= 4 is 5.97 Å². The topological polar surface area (TPSA) is 55.8 Å². The molecule has 0 amide bonds. The fraction of sp³-hybridized carbons (Fsp3) is 0.900. The fourth-order valence-electron chi connectivity index (χ4n) is 1.19. The van der Waals surface area contributed by atoms with Crippen LogP contribution in [0.15, 0.2) is 0 Å². The predicted molar refractivity (Wildman–Crippen MR) is 50.5 cm³/mol. The van der Waals surface area contributed by atoms with Crippen LogP contribution in [0, 0.1) is 5.41 Å². The van der Waals surface area contributed by atoms with E-state index in [4.69, 9.17) is 14.6 Å². The summed E-state index contributed by atoms with van der Waals surface area (Å²) in [5, 5.41) is 9.06. The molecule has 0 aliphatic carbocycles. The summed E-state index contributed by atoms with van der Waals surface area (Å²) in [5.41, 5.74) is -0.475. The maximum absolute atomic E-state index is 11.4. The molecular formula is C10H18O4. The molecule has 0 spiro atoms. The lowest BCUT2D eigenvalue weighted by molar-refractivity contribution is -0.161.